The van der Waals surface area contributed by atoms with Crippen molar-refractivity contribution in [3.05, 3.63) is 66.4 Å². The maximum Gasteiger partial charge on any atom is 0.427 e. The Bertz CT molecular complexity index is 902. The van der Waals surface area contributed by atoms with Gasteiger partial charge >= 0.3 is 6.09 Å². The summed E-state index contributed by atoms with van der Waals surface area (Å²) in [6, 6.07) is 17.3. The fraction of sp³-hybridized carbons (Fsp3) is 0.105. The standard InChI is InChI=1S/C19H18N4O3/c1-25-17-10-8-14(9-11-17)18-15(12-20-21-19(24)26-2)13-23(22-18)16-6-4-3-5-7-16/h3-13H,1-2H3,(H,21,24). The number of hydrazone groups is 1. The second kappa shape index (κ2) is 7.98. The molecule has 0 aliphatic rings. The number of para-hydroxylation sites is 1. The molecule has 1 amide bonds. The summed E-state index contributed by atoms with van der Waals surface area (Å²) in [5, 5.41) is 8.58. The largest absolute Gasteiger partial charge is 0.497 e. The van der Waals surface area contributed by atoms with Gasteiger partial charge in [0.25, 0.3) is 0 Å². The van der Waals surface area contributed by atoms with E-state index in [1.54, 1.807) is 11.8 Å². The zero-order valence-corrected chi connectivity index (χ0v) is 14.4. The molecule has 3 aromatic rings. The Morgan fingerprint density at radius 2 is 1.85 bits per heavy atom. The number of nitrogens with zero attached hydrogens (tertiary/aromatic N) is 3. The van der Waals surface area contributed by atoms with Crippen LogP contribution in [0.4, 0.5) is 4.79 Å². The molecule has 0 atom stereocenters. The van der Waals surface area contributed by atoms with Crippen molar-refractivity contribution >= 4 is 12.3 Å². The van der Waals surface area contributed by atoms with E-state index in [1.165, 1.54) is 13.3 Å². The van der Waals surface area contributed by atoms with E-state index in [2.05, 4.69) is 20.4 Å². The predicted molar refractivity (Wildman–Crippen MR) is 98.7 cm³/mol. The molecular formula is C19H18N4O3. The van der Waals surface area contributed by atoms with E-state index in [1.807, 2.05) is 60.8 Å². The number of ether oxygens (including phenoxy) is 2. The van der Waals surface area contributed by atoms with Gasteiger partial charge < -0.3 is 9.47 Å². The first-order valence-corrected chi connectivity index (χ1v) is 7.88. The molecule has 2 aromatic carbocycles. The van der Waals surface area contributed by atoms with Gasteiger partial charge in [-0.15, -0.1) is 0 Å². The van der Waals surface area contributed by atoms with Gasteiger partial charge in [0.15, 0.2) is 0 Å². The van der Waals surface area contributed by atoms with Crippen molar-refractivity contribution in [3.8, 4) is 22.7 Å². The lowest BCUT2D eigenvalue weighted by Crippen LogP contribution is -2.16. The molecule has 0 saturated carbocycles. The summed E-state index contributed by atoms with van der Waals surface area (Å²) in [5.41, 5.74) is 5.57. The Kier molecular flexibility index (Phi) is 5.28. The number of hydrogen-bond donors (Lipinski definition) is 1. The van der Waals surface area contributed by atoms with Crippen LogP contribution in [0.5, 0.6) is 5.75 Å². The number of carbonyl (C=O) groups is 1. The van der Waals surface area contributed by atoms with Crippen LogP contribution in [0.2, 0.25) is 0 Å². The highest BCUT2D eigenvalue weighted by Crippen LogP contribution is 2.24. The number of benzene rings is 2. The van der Waals surface area contributed by atoms with Crippen LogP contribution in [0.25, 0.3) is 16.9 Å². The van der Waals surface area contributed by atoms with E-state index < -0.39 is 6.09 Å². The molecule has 1 aromatic heterocycles. The number of rotatable bonds is 5. The lowest BCUT2D eigenvalue weighted by atomic mass is 10.1. The summed E-state index contributed by atoms with van der Waals surface area (Å²) in [4.78, 5) is 11.2. The second-order valence-electron chi connectivity index (χ2n) is 5.30. The average molecular weight is 350 g/mol. The van der Waals surface area contributed by atoms with E-state index in [-0.39, 0.29) is 0 Å². The molecule has 1 N–H and O–H groups in total. The van der Waals surface area contributed by atoms with E-state index >= 15 is 0 Å². The van der Waals surface area contributed by atoms with E-state index in [0.29, 0.717) is 0 Å². The summed E-state index contributed by atoms with van der Waals surface area (Å²) in [7, 11) is 2.90. The van der Waals surface area contributed by atoms with Gasteiger partial charge in [0.05, 0.1) is 26.1 Å². The first-order chi connectivity index (χ1) is 12.7. The first kappa shape index (κ1) is 17.2. The van der Waals surface area contributed by atoms with Gasteiger partial charge in [-0.05, 0) is 36.4 Å². The Morgan fingerprint density at radius 1 is 1.12 bits per heavy atom. The van der Waals surface area contributed by atoms with Gasteiger partial charge in [-0.25, -0.2) is 14.9 Å². The Labute approximate surface area is 150 Å². The lowest BCUT2D eigenvalue weighted by Gasteiger charge is -2.02. The number of aromatic nitrogens is 2. The van der Waals surface area contributed by atoms with Crippen LogP contribution in [-0.4, -0.2) is 36.3 Å². The molecular weight excluding hydrogens is 332 g/mol. The van der Waals surface area contributed by atoms with Crippen molar-refractivity contribution in [2.24, 2.45) is 5.10 Å². The van der Waals surface area contributed by atoms with E-state index in [4.69, 9.17) is 4.74 Å². The molecule has 0 saturated heterocycles. The van der Waals surface area contributed by atoms with Crippen molar-refractivity contribution in [1.82, 2.24) is 15.2 Å². The molecule has 0 fully saturated rings. The fourth-order valence-electron chi connectivity index (χ4n) is 2.37. The quantitative estimate of drug-likeness (QED) is 0.566. The third-order valence-electron chi connectivity index (χ3n) is 3.67. The van der Waals surface area contributed by atoms with Crippen LogP contribution >= 0.6 is 0 Å². The second-order valence-corrected chi connectivity index (χ2v) is 5.30. The zero-order chi connectivity index (χ0) is 18.4. The molecule has 7 nitrogen and oxygen atoms in total. The highest BCUT2D eigenvalue weighted by Gasteiger charge is 2.11. The molecule has 26 heavy (non-hydrogen) atoms. The summed E-state index contributed by atoms with van der Waals surface area (Å²) >= 11 is 0. The molecule has 1 heterocycles. The Hall–Kier alpha value is -3.61. The summed E-state index contributed by atoms with van der Waals surface area (Å²) < 4.78 is 11.5. The molecule has 0 aliphatic heterocycles. The number of hydrogen-bond acceptors (Lipinski definition) is 5. The minimum atomic E-state index is -0.636. The third kappa shape index (κ3) is 3.89. The molecule has 3 rings (SSSR count). The monoisotopic (exact) mass is 350 g/mol. The SMILES string of the molecule is COC(=O)NN=Cc1cn(-c2ccccc2)nc1-c1ccc(OC)cc1. The van der Waals surface area contributed by atoms with Gasteiger partial charge in [0.1, 0.15) is 11.4 Å². The Morgan fingerprint density at radius 3 is 2.50 bits per heavy atom. The number of amides is 1. The van der Waals surface area contributed by atoms with Gasteiger partial charge in [-0.3, -0.25) is 0 Å². The molecule has 7 heteroatoms. The Balaban J connectivity index is 1.99. The van der Waals surface area contributed by atoms with Crippen molar-refractivity contribution in [3.63, 3.8) is 0 Å². The van der Waals surface area contributed by atoms with Gasteiger partial charge in [0.2, 0.25) is 0 Å². The van der Waals surface area contributed by atoms with E-state index in [9.17, 15) is 4.79 Å². The predicted octanol–water partition coefficient (Wildman–Crippen LogP) is 3.24. The number of methoxy groups -OCH3 is 2. The third-order valence-corrected chi connectivity index (χ3v) is 3.67. The van der Waals surface area contributed by atoms with Gasteiger partial charge in [-0.2, -0.15) is 10.2 Å². The van der Waals surface area contributed by atoms with Crippen molar-refractivity contribution < 1.29 is 14.3 Å². The van der Waals surface area contributed by atoms with Crippen molar-refractivity contribution in [1.29, 1.82) is 0 Å². The first-order valence-electron chi connectivity index (χ1n) is 7.88. The molecule has 0 unspecified atom stereocenters. The van der Waals surface area contributed by atoms with Crippen LogP contribution in [0.3, 0.4) is 0 Å². The number of carbonyl (C=O) groups excluding carboxylic acids is 1. The van der Waals surface area contributed by atoms with Gasteiger partial charge in [0, 0.05) is 17.3 Å². The average Bonchev–Trinajstić information content (AvgIpc) is 3.12. The molecule has 0 spiro atoms. The van der Waals surface area contributed by atoms with Crippen LogP contribution < -0.4 is 10.2 Å². The molecule has 132 valence electrons. The summed E-state index contributed by atoms with van der Waals surface area (Å²) in [6.07, 6.45) is 2.74. The highest BCUT2D eigenvalue weighted by molar-refractivity contribution is 5.89. The minimum absolute atomic E-state index is 0.636. The van der Waals surface area contributed by atoms with Crippen LogP contribution in [0.15, 0.2) is 65.9 Å². The smallest absolute Gasteiger partial charge is 0.427 e. The fourth-order valence-corrected chi connectivity index (χ4v) is 2.37. The maximum absolute atomic E-state index is 11.2. The summed E-state index contributed by atoms with van der Waals surface area (Å²) in [6.45, 7) is 0. The van der Waals surface area contributed by atoms with Crippen LogP contribution in [0.1, 0.15) is 5.56 Å². The maximum atomic E-state index is 11.2. The molecule has 0 aliphatic carbocycles. The minimum Gasteiger partial charge on any atom is -0.497 e. The van der Waals surface area contributed by atoms with Crippen LogP contribution in [-0.2, 0) is 4.74 Å². The van der Waals surface area contributed by atoms with Crippen LogP contribution in [0, 0.1) is 0 Å². The lowest BCUT2D eigenvalue weighted by molar-refractivity contribution is 0.171. The highest BCUT2D eigenvalue weighted by atomic mass is 16.5. The van der Waals surface area contributed by atoms with Gasteiger partial charge in [-0.1, -0.05) is 18.2 Å². The van der Waals surface area contributed by atoms with Crippen molar-refractivity contribution in [2.45, 2.75) is 0 Å². The molecule has 0 bridgehead atoms. The topological polar surface area (TPSA) is 77.7 Å². The summed E-state index contributed by atoms with van der Waals surface area (Å²) in [5.74, 6) is 0.763. The number of nitrogens with one attached hydrogen (secondary N) is 1. The van der Waals surface area contributed by atoms with Crippen molar-refractivity contribution in [2.75, 3.05) is 14.2 Å². The normalized spacial score (nSPS) is 10.7. The molecule has 0 radical (unpaired) electrons. The van der Waals surface area contributed by atoms with E-state index in [0.717, 1.165) is 28.3 Å². The zero-order valence-electron chi connectivity index (χ0n) is 14.4.